The van der Waals surface area contributed by atoms with Crippen molar-refractivity contribution in [2.45, 2.75) is 55.5 Å². The van der Waals surface area contributed by atoms with Gasteiger partial charge in [-0.2, -0.15) is 0 Å². The number of thioether (sulfide) groups is 1. The summed E-state index contributed by atoms with van der Waals surface area (Å²) in [6.45, 7) is 1.82. The molecule has 8 nitrogen and oxygen atoms in total. The van der Waals surface area contributed by atoms with Crippen LogP contribution < -0.4 is 11.1 Å². The van der Waals surface area contributed by atoms with Gasteiger partial charge in [0.2, 0.25) is 17.0 Å². The maximum atomic E-state index is 12.4. The molecule has 1 saturated carbocycles. The molecular formula is C17H22N6O2S. The van der Waals surface area contributed by atoms with E-state index in [1.165, 1.54) is 31.0 Å². The van der Waals surface area contributed by atoms with Gasteiger partial charge in [0.15, 0.2) is 0 Å². The first-order chi connectivity index (χ1) is 12.5. The SMILES string of the molecule is CC(Sc1nnnn1C1CCCCC1)C(=O)Nc1ccc(C(N)=O)cc1. The number of primary amides is 1. The molecule has 1 atom stereocenters. The highest BCUT2D eigenvalue weighted by Crippen LogP contribution is 2.31. The van der Waals surface area contributed by atoms with Gasteiger partial charge >= 0.3 is 0 Å². The predicted octanol–water partition coefficient (Wildman–Crippen LogP) is 2.40. The lowest BCUT2D eigenvalue weighted by molar-refractivity contribution is -0.115. The van der Waals surface area contributed by atoms with Crippen molar-refractivity contribution in [2.24, 2.45) is 5.73 Å². The highest BCUT2D eigenvalue weighted by Gasteiger charge is 2.23. The van der Waals surface area contributed by atoms with Crippen molar-refractivity contribution >= 4 is 29.3 Å². The van der Waals surface area contributed by atoms with Crippen LogP contribution in [-0.2, 0) is 4.79 Å². The van der Waals surface area contributed by atoms with E-state index in [-0.39, 0.29) is 11.2 Å². The van der Waals surface area contributed by atoms with E-state index in [2.05, 4.69) is 20.8 Å². The van der Waals surface area contributed by atoms with Crippen molar-refractivity contribution < 1.29 is 9.59 Å². The fourth-order valence-electron chi connectivity index (χ4n) is 2.99. The molecule has 1 fully saturated rings. The minimum absolute atomic E-state index is 0.153. The van der Waals surface area contributed by atoms with Crippen molar-refractivity contribution in [3.63, 3.8) is 0 Å². The summed E-state index contributed by atoms with van der Waals surface area (Å²) in [6.07, 6.45) is 5.78. The molecule has 3 N–H and O–H groups in total. The predicted molar refractivity (Wildman–Crippen MR) is 98.8 cm³/mol. The van der Waals surface area contributed by atoms with Crippen molar-refractivity contribution in [3.05, 3.63) is 29.8 Å². The molecule has 138 valence electrons. The summed E-state index contributed by atoms with van der Waals surface area (Å²) in [4.78, 5) is 23.5. The Kier molecular flexibility index (Phi) is 5.87. The number of benzene rings is 1. The van der Waals surface area contributed by atoms with Gasteiger partial charge in [-0.05, 0) is 54.5 Å². The molecule has 3 rings (SSSR count). The number of anilines is 1. The van der Waals surface area contributed by atoms with Crippen LogP contribution in [0.3, 0.4) is 0 Å². The third kappa shape index (κ3) is 4.40. The Morgan fingerprint density at radius 3 is 2.58 bits per heavy atom. The van der Waals surface area contributed by atoms with Crippen LogP contribution >= 0.6 is 11.8 Å². The molecule has 1 aliphatic carbocycles. The lowest BCUT2D eigenvalue weighted by atomic mass is 9.96. The number of nitrogens with zero attached hydrogens (tertiary/aromatic N) is 4. The highest BCUT2D eigenvalue weighted by atomic mass is 32.2. The van der Waals surface area contributed by atoms with Crippen LogP contribution in [0.2, 0.25) is 0 Å². The zero-order valence-electron chi connectivity index (χ0n) is 14.6. The molecule has 1 aliphatic rings. The van der Waals surface area contributed by atoms with Gasteiger partial charge in [0.25, 0.3) is 0 Å². The molecule has 1 aromatic heterocycles. The summed E-state index contributed by atoms with van der Waals surface area (Å²) in [5, 5.41) is 15.1. The molecule has 0 aliphatic heterocycles. The normalized spacial score (nSPS) is 16.2. The topological polar surface area (TPSA) is 116 Å². The number of carbonyl (C=O) groups is 2. The number of tetrazole rings is 1. The van der Waals surface area contributed by atoms with Gasteiger partial charge in [-0.3, -0.25) is 9.59 Å². The number of hydrogen-bond donors (Lipinski definition) is 2. The van der Waals surface area contributed by atoms with Crippen LogP contribution in [0.4, 0.5) is 5.69 Å². The van der Waals surface area contributed by atoms with Gasteiger partial charge in [-0.15, -0.1) is 5.10 Å². The fraction of sp³-hybridized carbons (Fsp3) is 0.471. The number of hydrogen-bond acceptors (Lipinski definition) is 6. The molecule has 1 unspecified atom stereocenters. The Hall–Kier alpha value is -2.42. The minimum atomic E-state index is -0.499. The van der Waals surface area contributed by atoms with Gasteiger partial charge in [-0.25, -0.2) is 4.68 Å². The van der Waals surface area contributed by atoms with Crippen LogP contribution in [0, 0.1) is 0 Å². The fourth-order valence-corrected chi connectivity index (χ4v) is 3.85. The van der Waals surface area contributed by atoms with E-state index in [0.717, 1.165) is 12.8 Å². The maximum absolute atomic E-state index is 12.4. The second kappa shape index (κ2) is 8.31. The molecule has 2 amide bonds. The second-order valence-electron chi connectivity index (χ2n) is 6.39. The number of amides is 2. The summed E-state index contributed by atoms with van der Waals surface area (Å²) in [6, 6.07) is 6.79. The van der Waals surface area contributed by atoms with Crippen molar-refractivity contribution in [2.75, 3.05) is 5.32 Å². The molecule has 0 saturated heterocycles. The maximum Gasteiger partial charge on any atom is 0.248 e. The number of nitrogens with one attached hydrogen (secondary N) is 1. The van der Waals surface area contributed by atoms with Crippen LogP contribution in [-0.4, -0.2) is 37.3 Å². The Balaban J connectivity index is 1.61. The number of aromatic nitrogens is 4. The van der Waals surface area contributed by atoms with Crippen LogP contribution in [0.5, 0.6) is 0 Å². The summed E-state index contributed by atoms with van der Waals surface area (Å²) in [5.41, 5.74) is 6.22. The first-order valence-corrected chi connectivity index (χ1v) is 9.58. The molecule has 2 aromatic rings. The van der Waals surface area contributed by atoms with Crippen LogP contribution in [0.25, 0.3) is 0 Å². The molecule has 1 aromatic carbocycles. The van der Waals surface area contributed by atoms with E-state index in [1.54, 1.807) is 24.3 Å². The number of carbonyl (C=O) groups excluding carboxylic acids is 2. The first-order valence-electron chi connectivity index (χ1n) is 8.70. The Labute approximate surface area is 155 Å². The van der Waals surface area contributed by atoms with Crippen molar-refractivity contribution in [1.29, 1.82) is 0 Å². The lowest BCUT2D eigenvalue weighted by Gasteiger charge is -2.22. The molecule has 26 heavy (non-hydrogen) atoms. The van der Waals surface area contributed by atoms with Crippen LogP contribution in [0.15, 0.2) is 29.4 Å². The lowest BCUT2D eigenvalue weighted by Crippen LogP contribution is -2.23. The van der Waals surface area contributed by atoms with Gasteiger partial charge in [0.05, 0.1) is 11.3 Å². The zero-order valence-corrected chi connectivity index (χ0v) is 15.4. The third-order valence-electron chi connectivity index (χ3n) is 4.47. The Bertz CT molecular complexity index is 770. The molecule has 0 spiro atoms. The quantitative estimate of drug-likeness (QED) is 0.750. The number of nitrogens with two attached hydrogens (primary N) is 1. The summed E-state index contributed by atoms with van der Waals surface area (Å²) in [7, 11) is 0. The Morgan fingerprint density at radius 2 is 1.92 bits per heavy atom. The number of rotatable bonds is 6. The average Bonchev–Trinajstić information content (AvgIpc) is 3.11. The minimum Gasteiger partial charge on any atom is -0.366 e. The van der Waals surface area contributed by atoms with Gasteiger partial charge < -0.3 is 11.1 Å². The first kappa shape index (κ1) is 18.4. The smallest absolute Gasteiger partial charge is 0.248 e. The summed E-state index contributed by atoms with van der Waals surface area (Å²) < 4.78 is 1.86. The monoisotopic (exact) mass is 374 g/mol. The Morgan fingerprint density at radius 1 is 1.23 bits per heavy atom. The van der Waals surface area contributed by atoms with Gasteiger partial charge in [0, 0.05) is 11.3 Å². The van der Waals surface area contributed by atoms with E-state index in [9.17, 15) is 9.59 Å². The summed E-state index contributed by atoms with van der Waals surface area (Å²) in [5.74, 6) is -0.652. The average molecular weight is 374 g/mol. The largest absolute Gasteiger partial charge is 0.366 e. The molecule has 1 heterocycles. The second-order valence-corrected chi connectivity index (χ2v) is 7.70. The van der Waals surface area contributed by atoms with E-state index in [4.69, 9.17) is 5.73 Å². The van der Waals surface area contributed by atoms with Gasteiger partial charge in [0.1, 0.15) is 0 Å². The van der Waals surface area contributed by atoms with Crippen LogP contribution in [0.1, 0.15) is 55.4 Å². The summed E-state index contributed by atoms with van der Waals surface area (Å²) >= 11 is 1.35. The van der Waals surface area contributed by atoms with Crippen molar-refractivity contribution in [3.8, 4) is 0 Å². The molecule has 0 radical (unpaired) electrons. The van der Waals surface area contributed by atoms with E-state index >= 15 is 0 Å². The molecule has 0 bridgehead atoms. The standard InChI is InChI=1S/C17H22N6O2S/c1-11(16(25)19-13-9-7-12(8-10-13)15(18)24)26-17-20-21-22-23(17)14-5-3-2-4-6-14/h7-11,14H,2-6H2,1H3,(H2,18,24)(H,19,25). The molecule has 9 heteroatoms. The van der Waals surface area contributed by atoms with Gasteiger partial charge in [-0.1, -0.05) is 31.0 Å². The zero-order chi connectivity index (χ0) is 18.5. The third-order valence-corrected chi connectivity index (χ3v) is 5.52. The van der Waals surface area contributed by atoms with E-state index in [1.807, 2.05) is 11.6 Å². The van der Waals surface area contributed by atoms with Crippen molar-refractivity contribution in [1.82, 2.24) is 20.2 Å². The van der Waals surface area contributed by atoms with E-state index < -0.39 is 5.91 Å². The highest BCUT2D eigenvalue weighted by molar-refractivity contribution is 8.00. The van der Waals surface area contributed by atoms with E-state index in [0.29, 0.717) is 22.4 Å². The molecular weight excluding hydrogens is 352 g/mol.